The second-order valence-electron chi connectivity index (χ2n) is 5.59. The Labute approximate surface area is 131 Å². The van der Waals surface area contributed by atoms with Crippen molar-refractivity contribution in [2.45, 2.75) is 32.8 Å². The largest absolute Gasteiger partial charge is 0.496 e. The molecule has 1 aliphatic rings. The summed E-state index contributed by atoms with van der Waals surface area (Å²) in [5.74, 6) is 1.47. The van der Waals surface area contributed by atoms with Crippen molar-refractivity contribution in [2.24, 2.45) is 11.8 Å². The molecule has 120 valence electrons. The molecule has 0 heterocycles. The topological polar surface area (TPSA) is 71.7 Å². The van der Waals surface area contributed by atoms with Crippen LogP contribution in [0.5, 0.6) is 17.2 Å². The van der Waals surface area contributed by atoms with Gasteiger partial charge in [-0.3, -0.25) is 0 Å². The zero-order valence-electron chi connectivity index (χ0n) is 13.8. The van der Waals surface area contributed by atoms with Crippen molar-refractivity contribution in [2.75, 3.05) is 21.3 Å². The maximum absolute atomic E-state index is 10.7. The van der Waals surface area contributed by atoms with Gasteiger partial charge in [0.2, 0.25) is 0 Å². The summed E-state index contributed by atoms with van der Waals surface area (Å²) in [6.07, 6.45) is 0.598. The van der Waals surface area contributed by atoms with Gasteiger partial charge in [-0.1, -0.05) is 13.3 Å². The van der Waals surface area contributed by atoms with Crippen LogP contribution in [0.1, 0.15) is 36.1 Å². The molecule has 1 aromatic carbocycles. The number of methoxy groups -OCH3 is 3. The molecule has 0 aromatic heterocycles. The van der Waals surface area contributed by atoms with Crippen LogP contribution >= 0.6 is 0 Å². The Morgan fingerprint density at radius 1 is 1.14 bits per heavy atom. The van der Waals surface area contributed by atoms with Gasteiger partial charge in [0.25, 0.3) is 0 Å². The minimum absolute atomic E-state index is 0.0820. The molecule has 1 N–H and O–H groups in total. The van der Waals surface area contributed by atoms with Gasteiger partial charge in [0, 0.05) is 16.7 Å². The van der Waals surface area contributed by atoms with Gasteiger partial charge < -0.3 is 19.3 Å². The van der Waals surface area contributed by atoms with Crippen LogP contribution in [0.25, 0.3) is 0 Å². The van der Waals surface area contributed by atoms with Crippen LogP contribution in [0.2, 0.25) is 0 Å². The molecule has 5 nitrogen and oxygen atoms in total. The Morgan fingerprint density at radius 3 is 2.18 bits per heavy atom. The zero-order valence-corrected chi connectivity index (χ0v) is 13.8. The maximum atomic E-state index is 10.7. The summed E-state index contributed by atoms with van der Waals surface area (Å²) in [6.45, 7) is 3.89. The van der Waals surface area contributed by atoms with Crippen LogP contribution in [-0.2, 0) is 6.42 Å². The maximum Gasteiger partial charge on any atom is 0.167 e. The number of benzene rings is 1. The normalized spacial score (nSPS) is 23.4. The number of nitrogens with zero attached hydrogens (tertiary/aromatic N) is 1. The molecule has 3 atom stereocenters. The second-order valence-corrected chi connectivity index (χ2v) is 5.59. The van der Waals surface area contributed by atoms with Crippen molar-refractivity contribution < 1.29 is 19.3 Å². The van der Waals surface area contributed by atoms with Crippen LogP contribution < -0.4 is 14.2 Å². The lowest BCUT2D eigenvalue weighted by atomic mass is 9.72. The second kappa shape index (κ2) is 6.45. The zero-order chi connectivity index (χ0) is 16.4. The highest BCUT2D eigenvalue weighted by molar-refractivity contribution is 5.64. The molecule has 1 aromatic rings. The first-order valence-corrected chi connectivity index (χ1v) is 7.44. The number of nitriles is 1. The molecule has 0 saturated heterocycles. The minimum atomic E-state index is -0.882. The van der Waals surface area contributed by atoms with E-state index < -0.39 is 12.0 Å². The van der Waals surface area contributed by atoms with E-state index in [0.717, 1.165) is 17.5 Å². The van der Waals surface area contributed by atoms with E-state index in [9.17, 15) is 10.4 Å². The molecule has 5 heteroatoms. The highest BCUT2D eigenvalue weighted by Gasteiger charge is 2.40. The van der Waals surface area contributed by atoms with Crippen molar-refractivity contribution in [3.63, 3.8) is 0 Å². The molecule has 0 fully saturated rings. The molecular weight excluding hydrogens is 282 g/mol. The Kier molecular flexibility index (Phi) is 4.82. The summed E-state index contributed by atoms with van der Waals surface area (Å²) < 4.78 is 16.5. The highest BCUT2D eigenvalue weighted by atomic mass is 16.5. The van der Waals surface area contributed by atoms with E-state index in [1.54, 1.807) is 21.3 Å². The molecule has 0 bridgehead atoms. The van der Waals surface area contributed by atoms with Crippen molar-refractivity contribution in [3.05, 3.63) is 16.7 Å². The average molecular weight is 305 g/mol. The van der Waals surface area contributed by atoms with E-state index >= 15 is 0 Å². The monoisotopic (exact) mass is 305 g/mol. The van der Waals surface area contributed by atoms with Crippen LogP contribution in [-0.4, -0.2) is 26.4 Å². The van der Waals surface area contributed by atoms with Gasteiger partial charge in [-0.2, -0.15) is 5.26 Å². The minimum Gasteiger partial charge on any atom is -0.496 e. The Hall–Kier alpha value is -1.93. The van der Waals surface area contributed by atoms with Crippen LogP contribution in [0.3, 0.4) is 0 Å². The van der Waals surface area contributed by atoms with Gasteiger partial charge in [0.1, 0.15) is 5.75 Å². The smallest absolute Gasteiger partial charge is 0.167 e. The standard InChI is InChI=1S/C17H23NO4/c1-6-10-7-11-13(14(19)12(10)8-18)15(20-3)9(2)16(21-4)17(11)22-5/h10,12,14,19H,6-7H2,1-5H3/t10?,12-,14-/m1/s1. The third kappa shape index (κ3) is 2.28. The van der Waals surface area contributed by atoms with Gasteiger partial charge in [0.15, 0.2) is 11.5 Å². The molecule has 0 spiro atoms. The van der Waals surface area contributed by atoms with E-state index in [0.29, 0.717) is 29.2 Å². The Balaban J connectivity index is 2.78. The van der Waals surface area contributed by atoms with Crippen molar-refractivity contribution in [1.29, 1.82) is 5.26 Å². The first-order chi connectivity index (χ1) is 10.5. The molecule has 0 amide bonds. The summed E-state index contributed by atoms with van der Waals surface area (Å²) in [4.78, 5) is 0. The third-order valence-electron chi connectivity index (χ3n) is 4.63. The van der Waals surface area contributed by atoms with Gasteiger partial charge in [-0.15, -0.1) is 0 Å². The van der Waals surface area contributed by atoms with E-state index in [2.05, 4.69) is 6.07 Å². The first-order valence-electron chi connectivity index (χ1n) is 7.44. The van der Waals surface area contributed by atoms with Gasteiger partial charge in [-0.25, -0.2) is 0 Å². The SMILES string of the molecule is CCC1Cc2c(OC)c(OC)c(C)c(OC)c2[C@H](O)[C@@H]1C#N. The fourth-order valence-electron chi connectivity index (χ4n) is 3.51. The van der Waals surface area contributed by atoms with E-state index in [4.69, 9.17) is 14.2 Å². The van der Waals surface area contributed by atoms with Crippen molar-refractivity contribution in [3.8, 4) is 23.3 Å². The van der Waals surface area contributed by atoms with E-state index in [1.165, 1.54) is 0 Å². The Bertz CT molecular complexity index is 606. The van der Waals surface area contributed by atoms with E-state index in [-0.39, 0.29) is 5.92 Å². The molecule has 1 aliphatic carbocycles. The fourth-order valence-corrected chi connectivity index (χ4v) is 3.51. The van der Waals surface area contributed by atoms with Crippen LogP contribution in [0.15, 0.2) is 0 Å². The Morgan fingerprint density at radius 2 is 1.73 bits per heavy atom. The summed E-state index contributed by atoms with van der Waals surface area (Å²) in [5.41, 5.74) is 2.31. The molecule has 22 heavy (non-hydrogen) atoms. The fraction of sp³-hybridized carbons (Fsp3) is 0.588. The summed E-state index contributed by atoms with van der Waals surface area (Å²) >= 11 is 0. The lowest BCUT2D eigenvalue weighted by molar-refractivity contribution is 0.0845. The number of ether oxygens (including phenoxy) is 3. The summed E-state index contributed by atoms with van der Waals surface area (Å²) in [7, 11) is 4.74. The van der Waals surface area contributed by atoms with Crippen LogP contribution in [0, 0.1) is 30.1 Å². The summed E-state index contributed by atoms with van der Waals surface area (Å²) in [6, 6.07) is 2.25. The molecular formula is C17H23NO4. The third-order valence-corrected chi connectivity index (χ3v) is 4.63. The quantitative estimate of drug-likeness (QED) is 0.926. The van der Waals surface area contributed by atoms with E-state index in [1.807, 2.05) is 13.8 Å². The van der Waals surface area contributed by atoms with Crippen LogP contribution in [0.4, 0.5) is 0 Å². The highest BCUT2D eigenvalue weighted by Crippen LogP contribution is 2.52. The van der Waals surface area contributed by atoms with Gasteiger partial charge in [0.05, 0.1) is 39.4 Å². The molecule has 1 unspecified atom stereocenters. The average Bonchev–Trinajstić information content (AvgIpc) is 2.53. The number of rotatable bonds is 4. The van der Waals surface area contributed by atoms with Gasteiger partial charge >= 0.3 is 0 Å². The number of aliphatic hydroxyl groups excluding tert-OH is 1. The lowest BCUT2D eigenvalue weighted by Gasteiger charge is -2.35. The van der Waals surface area contributed by atoms with Crippen molar-refractivity contribution >= 4 is 0 Å². The predicted molar refractivity (Wildman–Crippen MR) is 82.4 cm³/mol. The number of fused-ring (bicyclic) bond motifs is 1. The predicted octanol–water partition coefficient (Wildman–Crippen LogP) is 2.78. The molecule has 0 aliphatic heterocycles. The lowest BCUT2D eigenvalue weighted by Crippen LogP contribution is -2.29. The number of hydrogen-bond acceptors (Lipinski definition) is 5. The van der Waals surface area contributed by atoms with Crippen molar-refractivity contribution in [1.82, 2.24) is 0 Å². The number of aliphatic hydroxyl groups is 1. The number of hydrogen-bond donors (Lipinski definition) is 1. The van der Waals surface area contributed by atoms with Gasteiger partial charge in [-0.05, 0) is 19.3 Å². The first kappa shape index (κ1) is 16.4. The molecule has 0 saturated carbocycles. The molecule has 0 radical (unpaired) electrons. The molecule has 2 rings (SSSR count). The summed E-state index contributed by atoms with van der Waals surface area (Å²) in [5, 5.41) is 20.2.